The van der Waals surface area contributed by atoms with Crippen LogP contribution in [0.1, 0.15) is 67.2 Å². The predicted octanol–water partition coefficient (Wildman–Crippen LogP) is 5.20. The lowest BCUT2D eigenvalue weighted by Gasteiger charge is -2.02. The van der Waals surface area contributed by atoms with Crippen LogP contribution in [0, 0.1) is 0 Å². The van der Waals surface area contributed by atoms with Gasteiger partial charge in [0.1, 0.15) is 0 Å². The van der Waals surface area contributed by atoms with Crippen LogP contribution in [0.2, 0.25) is 0 Å². The third kappa shape index (κ3) is 32.5. The minimum Gasteiger partial charge on any atom is -0.463 e. The summed E-state index contributed by atoms with van der Waals surface area (Å²) in [6, 6.07) is 0. The van der Waals surface area contributed by atoms with Crippen molar-refractivity contribution < 1.29 is 33.3 Å². The van der Waals surface area contributed by atoms with Gasteiger partial charge in [-0.2, -0.15) is 0 Å². The molecule has 182 valence electrons. The Morgan fingerprint density at radius 3 is 1.45 bits per heavy atom. The van der Waals surface area contributed by atoms with Crippen LogP contribution >= 0.6 is 0 Å². The number of methoxy groups -OCH3 is 1. The highest BCUT2D eigenvalue weighted by molar-refractivity contribution is 5.87. The van der Waals surface area contributed by atoms with Crippen molar-refractivity contribution >= 4 is 17.9 Å². The van der Waals surface area contributed by atoms with Crippen molar-refractivity contribution in [2.75, 3.05) is 33.5 Å². The molecule has 0 N–H and O–H groups in total. The summed E-state index contributed by atoms with van der Waals surface area (Å²) < 4.78 is 19.0. The monoisotopic (exact) mass is 444 g/mol. The van der Waals surface area contributed by atoms with E-state index in [9.17, 15) is 14.4 Å². The van der Waals surface area contributed by atoms with Gasteiger partial charge in [0.05, 0.1) is 19.8 Å². The van der Waals surface area contributed by atoms with Crippen molar-refractivity contribution in [3.8, 4) is 0 Å². The lowest BCUT2D eigenvalue weighted by atomic mass is 10.3. The Bertz CT molecular complexity index is 510. The topological polar surface area (TPSA) is 88.1 Å². The first kappa shape index (κ1) is 36.0. The molecule has 31 heavy (non-hydrogen) atoms. The van der Waals surface area contributed by atoms with E-state index in [1.54, 1.807) is 21.0 Å². The fourth-order valence-corrected chi connectivity index (χ4v) is 1.30. The number of carbonyl (C=O) groups is 3. The van der Waals surface area contributed by atoms with Gasteiger partial charge in [-0.05, 0) is 26.7 Å². The molecule has 0 heterocycles. The van der Waals surface area contributed by atoms with Gasteiger partial charge in [-0.15, -0.1) is 0 Å². The molecule has 0 aromatic carbocycles. The molecule has 0 rings (SSSR count). The molecule has 0 aliphatic rings. The van der Waals surface area contributed by atoms with E-state index < -0.39 is 0 Å². The van der Waals surface area contributed by atoms with Gasteiger partial charge in [-0.1, -0.05) is 53.9 Å². The minimum absolute atomic E-state index is 0. The summed E-state index contributed by atoms with van der Waals surface area (Å²) in [4.78, 5) is 31.8. The van der Waals surface area contributed by atoms with Crippen molar-refractivity contribution in [2.45, 2.75) is 67.2 Å². The van der Waals surface area contributed by atoms with Crippen LogP contribution in [0.25, 0.3) is 0 Å². The molecule has 0 saturated carbocycles. The molecule has 0 aromatic heterocycles. The molecule has 0 radical (unpaired) electrons. The first-order chi connectivity index (χ1) is 14.2. The largest absolute Gasteiger partial charge is 0.463 e. The van der Waals surface area contributed by atoms with Crippen LogP contribution in [0.4, 0.5) is 0 Å². The van der Waals surface area contributed by atoms with E-state index in [2.05, 4.69) is 31.4 Å². The predicted molar refractivity (Wildman–Crippen MR) is 126 cm³/mol. The molecule has 0 spiro atoms. The first-order valence-electron chi connectivity index (χ1n) is 10.1. The molecule has 0 bridgehead atoms. The van der Waals surface area contributed by atoms with Crippen molar-refractivity contribution in [1.29, 1.82) is 0 Å². The molecule has 0 aromatic rings. The SMILES string of the molecule is C.C=C(C)C(=O)OCCCC.C=C(C)C(=O)OCCCOC.C=CC(=O)OCCCC. The Kier molecular flexibility index (Phi) is 32.0. The molecule has 0 saturated heterocycles. The van der Waals surface area contributed by atoms with E-state index in [1.165, 1.54) is 6.08 Å². The van der Waals surface area contributed by atoms with Crippen LogP contribution in [0.3, 0.4) is 0 Å². The highest BCUT2D eigenvalue weighted by Crippen LogP contribution is 1.95. The van der Waals surface area contributed by atoms with Crippen LogP contribution < -0.4 is 0 Å². The number of hydrogen-bond donors (Lipinski definition) is 0. The number of carbonyl (C=O) groups excluding carboxylic acids is 3. The Balaban J connectivity index is -0.000000174. The second kappa shape index (κ2) is 27.6. The number of ether oxygens (including phenoxy) is 4. The van der Waals surface area contributed by atoms with E-state index >= 15 is 0 Å². The van der Waals surface area contributed by atoms with Crippen LogP contribution in [-0.4, -0.2) is 51.4 Å². The summed E-state index contributed by atoms with van der Waals surface area (Å²) in [6.07, 6.45) is 5.86. The summed E-state index contributed by atoms with van der Waals surface area (Å²) in [7, 11) is 1.61. The Hall–Kier alpha value is -2.41. The molecular formula is C24H44O7. The van der Waals surface area contributed by atoms with Gasteiger partial charge in [0.2, 0.25) is 0 Å². The second-order valence-electron chi connectivity index (χ2n) is 6.26. The number of unbranched alkanes of at least 4 members (excludes halogenated alkanes) is 2. The molecule has 7 heteroatoms. The van der Waals surface area contributed by atoms with Crippen molar-refractivity contribution in [1.82, 2.24) is 0 Å². The molecule has 0 unspecified atom stereocenters. The molecule has 0 amide bonds. The minimum atomic E-state index is -0.332. The summed E-state index contributed by atoms with van der Waals surface area (Å²) in [5.41, 5.74) is 0.901. The molecular weight excluding hydrogens is 400 g/mol. The summed E-state index contributed by atoms with van der Waals surface area (Å²) in [6.45, 7) is 19.6. The maximum atomic E-state index is 10.7. The smallest absolute Gasteiger partial charge is 0.333 e. The standard InChI is InChI=1S/C8H14O3.C8H14O2.C7H12O2.CH4/c1-7(2)8(9)11-6-4-5-10-3;1-4-5-6-10-8(9)7(2)3;1-3-5-6-9-7(8)4-2;/h1,4-6H2,2-3H3;2,4-6H2,1,3H3;4H,2-3,5-6H2,1H3;1H4. The molecule has 0 atom stereocenters. The van der Waals surface area contributed by atoms with Gasteiger partial charge in [0.15, 0.2) is 0 Å². The normalized spacial score (nSPS) is 8.68. The van der Waals surface area contributed by atoms with E-state index in [1.807, 2.05) is 6.92 Å². The van der Waals surface area contributed by atoms with Gasteiger partial charge in [-0.3, -0.25) is 0 Å². The summed E-state index contributed by atoms with van der Waals surface area (Å²) >= 11 is 0. The first-order valence-corrected chi connectivity index (χ1v) is 10.1. The maximum absolute atomic E-state index is 10.7. The average molecular weight is 445 g/mol. The molecule has 0 fully saturated rings. The molecule has 0 aliphatic heterocycles. The van der Waals surface area contributed by atoms with E-state index in [-0.39, 0.29) is 25.3 Å². The van der Waals surface area contributed by atoms with Crippen molar-refractivity contribution in [2.24, 2.45) is 0 Å². The van der Waals surface area contributed by atoms with Gasteiger partial charge >= 0.3 is 17.9 Å². The zero-order valence-electron chi connectivity index (χ0n) is 19.4. The average Bonchev–Trinajstić information content (AvgIpc) is 2.72. The Morgan fingerprint density at radius 2 is 1.13 bits per heavy atom. The Morgan fingerprint density at radius 1 is 0.742 bits per heavy atom. The maximum Gasteiger partial charge on any atom is 0.333 e. The highest BCUT2D eigenvalue weighted by atomic mass is 16.5. The van der Waals surface area contributed by atoms with Crippen molar-refractivity contribution in [3.63, 3.8) is 0 Å². The lowest BCUT2D eigenvalue weighted by molar-refractivity contribution is -0.140. The third-order valence-corrected chi connectivity index (χ3v) is 3.06. The van der Waals surface area contributed by atoms with Crippen LogP contribution in [-0.2, 0) is 33.3 Å². The fourth-order valence-electron chi connectivity index (χ4n) is 1.30. The number of esters is 3. The van der Waals surface area contributed by atoms with Crippen LogP contribution in [0.15, 0.2) is 37.0 Å². The Labute approximate surface area is 189 Å². The van der Waals surface area contributed by atoms with Gasteiger partial charge in [0, 0.05) is 37.4 Å². The quantitative estimate of drug-likeness (QED) is 0.167. The van der Waals surface area contributed by atoms with E-state index in [0.29, 0.717) is 37.6 Å². The van der Waals surface area contributed by atoms with Gasteiger partial charge in [0.25, 0.3) is 0 Å². The summed E-state index contributed by atoms with van der Waals surface area (Å²) in [5, 5.41) is 0. The van der Waals surface area contributed by atoms with E-state index in [0.717, 1.165) is 32.1 Å². The second-order valence-corrected chi connectivity index (χ2v) is 6.26. The zero-order valence-corrected chi connectivity index (χ0v) is 19.4. The third-order valence-electron chi connectivity index (χ3n) is 3.06. The van der Waals surface area contributed by atoms with Gasteiger partial charge < -0.3 is 18.9 Å². The van der Waals surface area contributed by atoms with Gasteiger partial charge in [-0.25, -0.2) is 14.4 Å². The van der Waals surface area contributed by atoms with Crippen molar-refractivity contribution in [3.05, 3.63) is 37.0 Å². The van der Waals surface area contributed by atoms with Crippen LogP contribution in [0.5, 0.6) is 0 Å². The number of hydrogen-bond acceptors (Lipinski definition) is 7. The lowest BCUT2D eigenvalue weighted by Crippen LogP contribution is -2.07. The molecule has 7 nitrogen and oxygen atoms in total. The van der Waals surface area contributed by atoms with E-state index in [4.69, 9.17) is 14.2 Å². The highest BCUT2D eigenvalue weighted by Gasteiger charge is 2.01. The molecule has 0 aliphatic carbocycles. The fraction of sp³-hybridized carbons (Fsp3) is 0.625. The number of rotatable bonds is 13. The zero-order chi connectivity index (χ0) is 23.8. The summed E-state index contributed by atoms with van der Waals surface area (Å²) in [5.74, 6) is -0.946.